The number of benzene rings is 3. The highest BCUT2D eigenvalue weighted by atomic mass is 16.1. The molecule has 0 spiro atoms. The average Bonchev–Trinajstić information content (AvgIpc) is 3.08. The number of aromatic nitrogens is 1. The molecule has 0 atom stereocenters. The van der Waals surface area contributed by atoms with E-state index in [1.165, 1.54) is 5.56 Å². The molecule has 4 rings (SSSR count). The fourth-order valence-electron chi connectivity index (χ4n) is 3.89. The Hall–Kier alpha value is -3.33. The number of hydrogen-bond acceptors (Lipinski definition) is 1. The minimum absolute atomic E-state index is 0.0141. The zero-order valence-corrected chi connectivity index (χ0v) is 17.1. The molecule has 3 heteroatoms. The molecule has 146 valence electrons. The summed E-state index contributed by atoms with van der Waals surface area (Å²) in [4.78, 5) is 13.1. The number of carbonyl (C=O) groups is 1. The van der Waals surface area contributed by atoms with E-state index in [0.717, 1.165) is 33.4 Å². The van der Waals surface area contributed by atoms with Gasteiger partial charge in [0.15, 0.2) is 0 Å². The molecule has 3 aromatic carbocycles. The van der Waals surface area contributed by atoms with Crippen molar-refractivity contribution in [1.29, 1.82) is 0 Å². The van der Waals surface area contributed by atoms with Crippen molar-refractivity contribution in [3.05, 3.63) is 90.0 Å². The topological polar surface area (TPSA) is 34.0 Å². The van der Waals surface area contributed by atoms with Crippen LogP contribution < -0.4 is 5.32 Å². The molecule has 0 aliphatic carbocycles. The summed E-state index contributed by atoms with van der Waals surface area (Å²) in [5, 5.41) is 4.32. The fourth-order valence-corrected chi connectivity index (χ4v) is 3.89. The van der Waals surface area contributed by atoms with Crippen molar-refractivity contribution in [3.8, 4) is 11.3 Å². The van der Waals surface area contributed by atoms with Gasteiger partial charge in [0.25, 0.3) is 0 Å². The molecule has 0 bridgehead atoms. The highest BCUT2D eigenvalue weighted by Gasteiger charge is 2.16. The second-order valence-electron chi connectivity index (χ2n) is 7.78. The summed E-state index contributed by atoms with van der Waals surface area (Å²) < 4.78 is 2.10. The van der Waals surface area contributed by atoms with Gasteiger partial charge in [0.1, 0.15) is 6.54 Å². The monoisotopic (exact) mass is 382 g/mol. The Bertz CT molecular complexity index is 1160. The summed E-state index contributed by atoms with van der Waals surface area (Å²) in [7, 11) is 0. The lowest BCUT2D eigenvalue weighted by Gasteiger charge is -2.17. The first-order chi connectivity index (χ1) is 14.0. The van der Waals surface area contributed by atoms with Gasteiger partial charge < -0.3 is 9.88 Å². The quantitative estimate of drug-likeness (QED) is 0.427. The molecule has 4 aromatic rings. The molecule has 1 N–H and O–H groups in total. The van der Waals surface area contributed by atoms with Gasteiger partial charge in [-0.1, -0.05) is 80.6 Å². The maximum atomic E-state index is 13.1. The van der Waals surface area contributed by atoms with Crippen LogP contribution in [0, 0.1) is 6.92 Å². The van der Waals surface area contributed by atoms with Crippen LogP contribution in [0.3, 0.4) is 0 Å². The largest absolute Gasteiger partial charge is 0.331 e. The van der Waals surface area contributed by atoms with Crippen LogP contribution in [0.5, 0.6) is 0 Å². The van der Waals surface area contributed by atoms with Crippen molar-refractivity contribution >= 4 is 22.5 Å². The Labute approximate surface area is 172 Å². The van der Waals surface area contributed by atoms with Gasteiger partial charge in [-0.05, 0) is 41.7 Å². The fraction of sp³-hybridized carbons (Fsp3) is 0.192. The Morgan fingerprint density at radius 3 is 2.41 bits per heavy atom. The third-order valence-corrected chi connectivity index (χ3v) is 5.37. The summed E-state index contributed by atoms with van der Waals surface area (Å²) >= 11 is 0. The number of amides is 1. The van der Waals surface area contributed by atoms with Crippen molar-refractivity contribution in [2.45, 2.75) is 33.2 Å². The van der Waals surface area contributed by atoms with Gasteiger partial charge in [0.2, 0.25) is 5.91 Å². The average molecular weight is 383 g/mol. The number of anilines is 1. The molecule has 0 radical (unpaired) electrons. The number of nitrogens with zero attached hydrogens (tertiary/aromatic N) is 1. The van der Waals surface area contributed by atoms with Gasteiger partial charge in [0, 0.05) is 22.3 Å². The van der Waals surface area contributed by atoms with E-state index < -0.39 is 0 Å². The zero-order valence-electron chi connectivity index (χ0n) is 17.1. The van der Waals surface area contributed by atoms with Crippen LogP contribution in [0.25, 0.3) is 22.2 Å². The highest BCUT2D eigenvalue weighted by molar-refractivity contribution is 5.95. The van der Waals surface area contributed by atoms with Crippen molar-refractivity contribution in [3.63, 3.8) is 0 Å². The SMILES string of the molecule is Cc1cccc(C(C)C)c1NC(=O)Cn1c(-c2ccccc2)cc2ccccc21. The van der Waals surface area contributed by atoms with E-state index in [2.05, 4.69) is 60.1 Å². The van der Waals surface area contributed by atoms with E-state index in [9.17, 15) is 4.79 Å². The maximum Gasteiger partial charge on any atom is 0.244 e. The molecule has 0 saturated heterocycles. The lowest BCUT2D eigenvalue weighted by molar-refractivity contribution is -0.116. The number of para-hydroxylation sites is 2. The summed E-state index contributed by atoms with van der Waals surface area (Å²) in [6.45, 7) is 6.61. The number of carbonyl (C=O) groups excluding carboxylic acids is 1. The van der Waals surface area contributed by atoms with Gasteiger partial charge in [0.05, 0.1) is 0 Å². The van der Waals surface area contributed by atoms with Gasteiger partial charge in [-0.3, -0.25) is 4.79 Å². The molecule has 3 nitrogen and oxygen atoms in total. The van der Waals surface area contributed by atoms with Gasteiger partial charge >= 0.3 is 0 Å². The van der Waals surface area contributed by atoms with Crippen LogP contribution in [0.1, 0.15) is 30.9 Å². The van der Waals surface area contributed by atoms with Gasteiger partial charge in [-0.2, -0.15) is 0 Å². The van der Waals surface area contributed by atoms with Crippen LogP contribution in [-0.4, -0.2) is 10.5 Å². The number of aryl methyl sites for hydroxylation is 1. The van der Waals surface area contributed by atoms with Crippen LogP contribution in [-0.2, 0) is 11.3 Å². The first kappa shape index (κ1) is 19.0. The van der Waals surface area contributed by atoms with Crippen LogP contribution in [0.15, 0.2) is 78.9 Å². The third kappa shape index (κ3) is 3.81. The number of fused-ring (bicyclic) bond motifs is 1. The van der Waals surface area contributed by atoms with E-state index in [1.807, 2.05) is 49.4 Å². The minimum atomic E-state index is -0.0141. The summed E-state index contributed by atoms with van der Waals surface area (Å²) in [6, 6.07) is 26.8. The predicted octanol–water partition coefficient (Wildman–Crippen LogP) is 6.38. The number of rotatable bonds is 5. The second kappa shape index (κ2) is 7.96. The van der Waals surface area contributed by atoms with E-state index in [-0.39, 0.29) is 12.5 Å². The Morgan fingerprint density at radius 2 is 1.66 bits per heavy atom. The minimum Gasteiger partial charge on any atom is -0.331 e. The van der Waals surface area contributed by atoms with Gasteiger partial charge in [-0.15, -0.1) is 0 Å². The molecule has 1 aromatic heterocycles. The molecule has 0 fully saturated rings. The van der Waals surface area contributed by atoms with E-state index in [0.29, 0.717) is 5.92 Å². The normalized spacial score (nSPS) is 11.2. The third-order valence-electron chi connectivity index (χ3n) is 5.37. The molecule has 29 heavy (non-hydrogen) atoms. The summed E-state index contributed by atoms with van der Waals surface area (Å²) in [5.74, 6) is 0.331. The highest BCUT2D eigenvalue weighted by Crippen LogP contribution is 2.30. The first-order valence-electron chi connectivity index (χ1n) is 10.1. The van der Waals surface area contributed by atoms with E-state index in [1.54, 1.807) is 0 Å². The molecule has 0 aliphatic rings. The van der Waals surface area contributed by atoms with Crippen LogP contribution in [0.4, 0.5) is 5.69 Å². The zero-order chi connectivity index (χ0) is 20.4. The van der Waals surface area contributed by atoms with E-state index >= 15 is 0 Å². The molecule has 0 aliphatic heterocycles. The van der Waals surface area contributed by atoms with Crippen molar-refractivity contribution in [2.75, 3.05) is 5.32 Å². The Kier molecular flexibility index (Phi) is 5.22. The summed E-state index contributed by atoms with van der Waals surface area (Å²) in [5.41, 5.74) is 6.41. The molecule has 0 unspecified atom stereocenters. The lowest BCUT2D eigenvalue weighted by Crippen LogP contribution is -2.20. The second-order valence-corrected chi connectivity index (χ2v) is 7.78. The number of nitrogens with one attached hydrogen (secondary N) is 1. The number of hydrogen-bond donors (Lipinski definition) is 1. The van der Waals surface area contributed by atoms with Crippen molar-refractivity contribution < 1.29 is 4.79 Å². The molecular formula is C26H26N2O. The standard InChI is InChI=1S/C26H26N2O/c1-18(2)22-14-9-10-19(3)26(22)27-25(29)17-28-23-15-8-7-13-21(23)16-24(28)20-11-5-4-6-12-20/h4-16,18H,17H2,1-3H3,(H,27,29). The van der Waals surface area contributed by atoms with Gasteiger partial charge in [-0.25, -0.2) is 0 Å². The molecule has 1 amide bonds. The molecule has 0 saturated carbocycles. The predicted molar refractivity (Wildman–Crippen MR) is 121 cm³/mol. The molecule has 1 heterocycles. The Balaban J connectivity index is 1.71. The van der Waals surface area contributed by atoms with E-state index in [4.69, 9.17) is 0 Å². The first-order valence-corrected chi connectivity index (χ1v) is 10.1. The molecular weight excluding hydrogens is 356 g/mol. The smallest absolute Gasteiger partial charge is 0.244 e. The van der Waals surface area contributed by atoms with Crippen molar-refractivity contribution in [2.24, 2.45) is 0 Å². The van der Waals surface area contributed by atoms with Crippen LogP contribution >= 0.6 is 0 Å². The van der Waals surface area contributed by atoms with Crippen LogP contribution in [0.2, 0.25) is 0 Å². The van der Waals surface area contributed by atoms with Crippen molar-refractivity contribution in [1.82, 2.24) is 4.57 Å². The maximum absolute atomic E-state index is 13.1. The lowest BCUT2D eigenvalue weighted by atomic mass is 9.98. The Morgan fingerprint density at radius 1 is 0.931 bits per heavy atom. The summed E-state index contributed by atoms with van der Waals surface area (Å²) in [6.07, 6.45) is 0.